The first kappa shape index (κ1) is 15.8. The number of carboxylic acids is 1. The summed E-state index contributed by atoms with van der Waals surface area (Å²) in [5, 5.41) is 11.7. The van der Waals surface area contributed by atoms with Gasteiger partial charge >= 0.3 is 12.0 Å². The van der Waals surface area contributed by atoms with Crippen LogP contribution in [0.4, 0.5) is 4.79 Å². The van der Waals surface area contributed by atoms with Gasteiger partial charge in [-0.1, -0.05) is 13.3 Å². The lowest BCUT2D eigenvalue weighted by Gasteiger charge is -2.29. The molecule has 1 aliphatic rings. The summed E-state index contributed by atoms with van der Waals surface area (Å²) in [7, 11) is 2.04. The smallest absolute Gasteiger partial charge is 0.326 e. The average Bonchev–Trinajstić information content (AvgIpc) is 2.49. The van der Waals surface area contributed by atoms with E-state index >= 15 is 0 Å². The molecule has 6 nitrogen and oxygen atoms in total. The normalized spacial score (nSPS) is 22.7. The van der Waals surface area contributed by atoms with Crippen molar-refractivity contribution in [3.63, 3.8) is 0 Å². The predicted octanol–water partition coefficient (Wildman–Crippen LogP) is 0.975. The van der Waals surface area contributed by atoms with Crippen LogP contribution in [-0.4, -0.2) is 65.7 Å². The lowest BCUT2D eigenvalue weighted by molar-refractivity contribution is -0.139. The van der Waals surface area contributed by atoms with Crippen LogP contribution in [0.15, 0.2) is 0 Å². The lowest BCUT2D eigenvalue weighted by Crippen LogP contribution is -2.51. The van der Waals surface area contributed by atoms with Crippen LogP contribution in [0.3, 0.4) is 0 Å². The Balaban J connectivity index is 2.62. The van der Waals surface area contributed by atoms with Crippen molar-refractivity contribution in [1.82, 2.24) is 15.1 Å². The second-order valence-electron chi connectivity index (χ2n) is 5.29. The molecule has 1 rings (SSSR count). The summed E-state index contributed by atoms with van der Waals surface area (Å²) < 4.78 is 0. The Hall–Kier alpha value is -1.30. The maximum absolute atomic E-state index is 12.2. The van der Waals surface area contributed by atoms with Crippen molar-refractivity contribution in [2.24, 2.45) is 0 Å². The number of carboxylic acid groups (broad SMARTS) is 1. The minimum atomic E-state index is -0.963. The largest absolute Gasteiger partial charge is 0.480 e. The zero-order chi connectivity index (χ0) is 14.4. The van der Waals surface area contributed by atoms with Crippen LogP contribution in [0.2, 0.25) is 0 Å². The fourth-order valence-electron chi connectivity index (χ4n) is 2.45. The third kappa shape index (κ3) is 4.70. The minimum absolute atomic E-state index is 0.101. The van der Waals surface area contributed by atoms with E-state index in [4.69, 9.17) is 5.11 Å². The zero-order valence-corrected chi connectivity index (χ0v) is 12.1. The maximum atomic E-state index is 12.2. The van der Waals surface area contributed by atoms with Gasteiger partial charge in [0, 0.05) is 19.1 Å². The second-order valence-corrected chi connectivity index (χ2v) is 5.29. The van der Waals surface area contributed by atoms with E-state index < -0.39 is 12.0 Å². The van der Waals surface area contributed by atoms with Crippen molar-refractivity contribution < 1.29 is 14.7 Å². The van der Waals surface area contributed by atoms with Crippen LogP contribution in [0, 0.1) is 0 Å². The Morgan fingerprint density at radius 3 is 2.68 bits per heavy atom. The Bertz CT molecular complexity index is 322. The van der Waals surface area contributed by atoms with Crippen molar-refractivity contribution in [1.29, 1.82) is 0 Å². The second kappa shape index (κ2) is 7.33. The van der Waals surface area contributed by atoms with Crippen molar-refractivity contribution in [2.75, 3.05) is 26.7 Å². The maximum Gasteiger partial charge on any atom is 0.326 e. The van der Waals surface area contributed by atoms with Gasteiger partial charge in [-0.25, -0.2) is 9.59 Å². The highest BCUT2D eigenvalue weighted by Gasteiger charge is 2.27. The number of aliphatic carboxylic acids is 1. The van der Waals surface area contributed by atoms with Gasteiger partial charge in [-0.05, 0) is 33.4 Å². The molecule has 0 aliphatic carbocycles. The molecular formula is C13H25N3O3. The number of hydrogen-bond acceptors (Lipinski definition) is 3. The SMILES string of the molecule is CCC[C@@H](NC(=O)N1CCCN(C)CC1C)C(=O)O. The number of carbonyl (C=O) groups is 2. The average molecular weight is 271 g/mol. The number of rotatable bonds is 4. The highest BCUT2D eigenvalue weighted by atomic mass is 16.4. The molecular weight excluding hydrogens is 246 g/mol. The van der Waals surface area contributed by atoms with Gasteiger partial charge in [0.15, 0.2) is 0 Å². The van der Waals surface area contributed by atoms with Gasteiger partial charge in [-0.2, -0.15) is 0 Å². The standard InChI is InChI=1S/C13H25N3O3/c1-4-6-11(12(17)18)14-13(19)16-8-5-7-15(3)9-10(16)2/h10-11H,4-9H2,1-3H3,(H,14,19)(H,17,18)/t10?,11-/m1/s1. The summed E-state index contributed by atoms with van der Waals surface area (Å²) >= 11 is 0. The third-order valence-corrected chi connectivity index (χ3v) is 3.48. The minimum Gasteiger partial charge on any atom is -0.480 e. The Morgan fingerprint density at radius 2 is 2.11 bits per heavy atom. The van der Waals surface area contributed by atoms with E-state index in [1.54, 1.807) is 4.90 Å². The van der Waals surface area contributed by atoms with Gasteiger partial charge in [-0.3, -0.25) is 0 Å². The molecule has 1 unspecified atom stereocenters. The molecule has 0 aromatic carbocycles. The van der Waals surface area contributed by atoms with E-state index in [0.717, 1.165) is 25.9 Å². The molecule has 0 aromatic heterocycles. The molecule has 2 N–H and O–H groups in total. The molecule has 6 heteroatoms. The summed E-state index contributed by atoms with van der Waals surface area (Å²) in [6, 6.07) is -0.946. The molecule has 0 bridgehead atoms. The number of nitrogens with zero attached hydrogens (tertiary/aromatic N) is 2. The van der Waals surface area contributed by atoms with Crippen molar-refractivity contribution in [2.45, 2.75) is 45.2 Å². The Labute approximate surface area is 114 Å². The molecule has 0 spiro atoms. The van der Waals surface area contributed by atoms with Crippen molar-refractivity contribution in [3.05, 3.63) is 0 Å². The quantitative estimate of drug-likeness (QED) is 0.799. The van der Waals surface area contributed by atoms with Gasteiger partial charge in [0.05, 0.1) is 0 Å². The summed E-state index contributed by atoms with van der Waals surface area (Å²) in [4.78, 5) is 27.2. The van der Waals surface area contributed by atoms with Gasteiger partial charge in [-0.15, -0.1) is 0 Å². The van der Waals surface area contributed by atoms with E-state index in [2.05, 4.69) is 10.2 Å². The van der Waals surface area contributed by atoms with E-state index in [0.29, 0.717) is 13.0 Å². The Kier molecular flexibility index (Phi) is 6.08. The first-order valence-corrected chi connectivity index (χ1v) is 6.94. The van der Waals surface area contributed by atoms with Gasteiger partial charge in [0.25, 0.3) is 0 Å². The van der Waals surface area contributed by atoms with Crippen LogP contribution >= 0.6 is 0 Å². The summed E-state index contributed by atoms with van der Waals surface area (Å²) in [6.45, 7) is 6.36. The molecule has 0 saturated carbocycles. The summed E-state index contributed by atoms with van der Waals surface area (Å²) in [6.07, 6.45) is 2.11. The monoisotopic (exact) mass is 271 g/mol. The molecule has 0 radical (unpaired) electrons. The molecule has 0 aromatic rings. The number of urea groups is 1. The zero-order valence-electron chi connectivity index (χ0n) is 12.1. The van der Waals surface area contributed by atoms with Crippen molar-refractivity contribution in [3.8, 4) is 0 Å². The highest BCUT2D eigenvalue weighted by molar-refractivity contribution is 5.82. The first-order chi connectivity index (χ1) is 8.95. The van der Waals surface area contributed by atoms with Crippen LogP contribution < -0.4 is 5.32 Å². The van der Waals surface area contributed by atoms with Gasteiger partial charge in [0.2, 0.25) is 0 Å². The molecule has 1 fully saturated rings. The van der Waals surface area contributed by atoms with Gasteiger partial charge in [0.1, 0.15) is 6.04 Å². The fourth-order valence-corrected chi connectivity index (χ4v) is 2.45. The van der Waals surface area contributed by atoms with Crippen molar-refractivity contribution >= 4 is 12.0 Å². The Morgan fingerprint density at radius 1 is 1.42 bits per heavy atom. The molecule has 1 heterocycles. The molecule has 1 saturated heterocycles. The van der Waals surface area contributed by atoms with Crippen LogP contribution in [0.25, 0.3) is 0 Å². The summed E-state index contributed by atoms with van der Waals surface area (Å²) in [5.74, 6) is -0.963. The van der Waals surface area contributed by atoms with E-state index in [1.807, 2.05) is 20.9 Å². The number of hydrogen-bond donors (Lipinski definition) is 2. The topological polar surface area (TPSA) is 72.9 Å². The molecule has 2 atom stereocenters. The third-order valence-electron chi connectivity index (χ3n) is 3.48. The van der Waals surface area contributed by atoms with E-state index in [1.165, 1.54) is 0 Å². The number of amides is 2. The highest BCUT2D eigenvalue weighted by Crippen LogP contribution is 2.09. The number of nitrogens with one attached hydrogen (secondary N) is 1. The molecule has 110 valence electrons. The molecule has 1 aliphatic heterocycles. The molecule has 19 heavy (non-hydrogen) atoms. The molecule has 2 amide bonds. The lowest BCUT2D eigenvalue weighted by atomic mass is 10.2. The fraction of sp³-hybridized carbons (Fsp3) is 0.846. The number of likely N-dealkylation sites (N-methyl/N-ethyl adjacent to an activating group) is 1. The summed E-state index contributed by atoms with van der Waals surface area (Å²) in [5.41, 5.74) is 0. The predicted molar refractivity (Wildman–Crippen MR) is 73.1 cm³/mol. The first-order valence-electron chi connectivity index (χ1n) is 6.94. The number of carbonyl (C=O) groups excluding carboxylic acids is 1. The van der Waals surface area contributed by atoms with Crippen LogP contribution in [-0.2, 0) is 4.79 Å². The van der Waals surface area contributed by atoms with Gasteiger partial charge < -0.3 is 20.2 Å². The van der Waals surface area contributed by atoms with E-state index in [-0.39, 0.29) is 12.1 Å². The van der Waals surface area contributed by atoms with E-state index in [9.17, 15) is 9.59 Å². The van der Waals surface area contributed by atoms with Crippen LogP contribution in [0.5, 0.6) is 0 Å². The van der Waals surface area contributed by atoms with Crippen LogP contribution in [0.1, 0.15) is 33.1 Å².